The lowest BCUT2D eigenvalue weighted by molar-refractivity contribution is -0.182. The Morgan fingerprint density at radius 2 is 2.05 bits per heavy atom. The molecular formula is C26H28F3N5O4S. The van der Waals surface area contributed by atoms with E-state index in [9.17, 15) is 27.6 Å². The summed E-state index contributed by atoms with van der Waals surface area (Å²) in [6.07, 6.45) is -1.73. The number of nitrogens with zero attached hydrogens (tertiary/aromatic N) is 3. The van der Waals surface area contributed by atoms with Gasteiger partial charge in [-0.2, -0.15) is 13.2 Å². The number of amides is 3. The molecule has 2 atom stereocenters. The highest BCUT2D eigenvalue weighted by molar-refractivity contribution is 7.14. The molecule has 208 valence electrons. The van der Waals surface area contributed by atoms with E-state index in [0.29, 0.717) is 55.5 Å². The van der Waals surface area contributed by atoms with Crippen molar-refractivity contribution in [2.24, 2.45) is 5.92 Å². The number of benzene rings is 1. The zero-order valence-corrected chi connectivity index (χ0v) is 22.0. The summed E-state index contributed by atoms with van der Waals surface area (Å²) in [5.74, 6) is -5.15. The maximum absolute atomic E-state index is 14.0. The number of nitrogens with one attached hydrogen (secondary N) is 2. The monoisotopic (exact) mass is 563 g/mol. The van der Waals surface area contributed by atoms with Gasteiger partial charge in [0.15, 0.2) is 5.92 Å². The first-order chi connectivity index (χ1) is 18.6. The molecule has 3 aliphatic rings. The second-order valence-corrected chi connectivity index (χ2v) is 10.6. The SMILES string of the molecule is Cc1nc(C2=CCOCC2)sc1C(=O)NC[C@H](C(=O)N[C@@H]1C(=O)N2CCCN2Cc2ccccc21)C(F)(F)F. The number of hydrazine groups is 1. The van der Waals surface area contributed by atoms with Crippen LogP contribution in [0.2, 0.25) is 0 Å². The number of ether oxygens (including phenoxy) is 1. The van der Waals surface area contributed by atoms with Crippen molar-refractivity contribution >= 4 is 34.6 Å². The van der Waals surface area contributed by atoms with Gasteiger partial charge < -0.3 is 15.4 Å². The van der Waals surface area contributed by atoms with E-state index in [1.807, 2.05) is 11.1 Å². The first-order valence-electron chi connectivity index (χ1n) is 12.7. The molecule has 0 radical (unpaired) electrons. The lowest BCUT2D eigenvalue weighted by atomic mass is 9.98. The average molecular weight is 564 g/mol. The van der Waals surface area contributed by atoms with Gasteiger partial charge in [-0.15, -0.1) is 11.3 Å². The number of halogens is 3. The minimum Gasteiger partial charge on any atom is -0.377 e. The Morgan fingerprint density at radius 3 is 2.79 bits per heavy atom. The molecule has 9 nitrogen and oxygen atoms in total. The lowest BCUT2D eigenvalue weighted by Crippen LogP contribution is -2.50. The predicted molar refractivity (Wildman–Crippen MR) is 136 cm³/mol. The molecule has 1 saturated heterocycles. The van der Waals surface area contributed by atoms with Gasteiger partial charge in [0, 0.05) is 26.2 Å². The molecule has 1 fully saturated rings. The van der Waals surface area contributed by atoms with Crippen LogP contribution in [0.5, 0.6) is 0 Å². The number of aryl methyl sites for hydroxylation is 1. The lowest BCUT2D eigenvalue weighted by Gasteiger charge is -2.28. The smallest absolute Gasteiger partial charge is 0.377 e. The molecular weight excluding hydrogens is 535 g/mol. The Morgan fingerprint density at radius 1 is 1.26 bits per heavy atom. The summed E-state index contributed by atoms with van der Waals surface area (Å²) in [6, 6.07) is 5.64. The zero-order valence-electron chi connectivity index (χ0n) is 21.2. The molecule has 2 aromatic rings. The van der Waals surface area contributed by atoms with Gasteiger partial charge in [0.2, 0.25) is 5.91 Å². The molecule has 3 aliphatic heterocycles. The zero-order chi connectivity index (χ0) is 27.7. The van der Waals surface area contributed by atoms with Crippen LogP contribution in [0.15, 0.2) is 30.3 Å². The fourth-order valence-electron chi connectivity index (χ4n) is 5.00. The Kier molecular flexibility index (Phi) is 7.74. The highest BCUT2D eigenvalue weighted by Gasteiger charge is 2.47. The van der Waals surface area contributed by atoms with Crippen LogP contribution in [0.1, 0.15) is 50.4 Å². The van der Waals surface area contributed by atoms with Gasteiger partial charge >= 0.3 is 6.18 Å². The Balaban J connectivity index is 1.32. The number of hydrogen-bond acceptors (Lipinski definition) is 7. The van der Waals surface area contributed by atoms with E-state index in [1.54, 1.807) is 31.2 Å². The van der Waals surface area contributed by atoms with E-state index >= 15 is 0 Å². The van der Waals surface area contributed by atoms with Gasteiger partial charge in [0.25, 0.3) is 11.8 Å². The maximum Gasteiger partial charge on any atom is 0.402 e. The van der Waals surface area contributed by atoms with Crippen molar-refractivity contribution < 1.29 is 32.3 Å². The Bertz CT molecular complexity index is 1310. The van der Waals surface area contributed by atoms with Crippen molar-refractivity contribution in [3.8, 4) is 0 Å². The molecule has 0 aliphatic carbocycles. The van der Waals surface area contributed by atoms with E-state index in [4.69, 9.17) is 4.74 Å². The van der Waals surface area contributed by atoms with E-state index in [2.05, 4.69) is 15.6 Å². The van der Waals surface area contributed by atoms with Crippen LogP contribution in [0.4, 0.5) is 13.2 Å². The third-order valence-electron chi connectivity index (χ3n) is 7.05. The van der Waals surface area contributed by atoms with Gasteiger partial charge in [-0.1, -0.05) is 30.3 Å². The maximum atomic E-state index is 14.0. The second-order valence-electron chi connectivity index (χ2n) is 9.64. The predicted octanol–water partition coefficient (Wildman–Crippen LogP) is 2.98. The topological polar surface area (TPSA) is 104 Å². The molecule has 39 heavy (non-hydrogen) atoms. The van der Waals surface area contributed by atoms with Crippen molar-refractivity contribution in [1.29, 1.82) is 0 Å². The molecule has 0 spiro atoms. The average Bonchev–Trinajstić information content (AvgIpc) is 3.51. The largest absolute Gasteiger partial charge is 0.402 e. The van der Waals surface area contributed by atoms with E-state index in [-0.39, 0.29) is 4.88 Å². The summed E-state index contributed by atoms with van der Waals surface area (Å²) in [4.78, 5) is 43.8. The third kappa shape index (κ3) is 5.70. The normalized spacial score (nSPS) is 20.5. The van der Waals surface area contributed by atoms with Gasteiger partial charge in [0.05, 0.1) is 18.9 Å². The highest BCUT2D eigenvalue weighted by Crippen LogP contribution is 2.32. The van der Waals surface area contributed by atoms with Crippen LogP contribution in [-0.4, -0.2) is 71.7 Å². The van der Waals surface area contributed by atoms with E-state index < -0.39 is 42.4 Å². The number of aromatic nitrogens is 1. The number of rotatable bonds is 6. The molecule has 4 heterocycles. The summed E-state index contributed by atoms with van der Waals surface area (Å²) in [5.41, 5.74) is 2.54. The first kappa shape index (κ1) is 27.3. The number of fused-ring (bicyclic) bond motifs is 2. The molecule has 0 bridgehead atoms. The van der Waals surface area contributed by atoms with Gasteiger partial charge in [-0.05, 0) is 36.5 Å². The van der Waals surface area contributed by atoms with Crippen molar-refractivity contribution in [1.82, 2.24) is 25.6 Å². The van der Waals surface area contributed by atoms with Gasteiger partial charge in [0.1, 0.15) is 15.9 Å². The van der Waals surface area contributed by atoms with Crippen molar-refractivity contribution in [2.75, 3.05) is 32.8 Å². The highest BCUT2D eigenvalue weighted by atomic mass is 32.1. The van der Waals surface area contributed by atoms with Crippen LogP contribution >= 0.6 is 11.3 Å². The quantitative estimate of drug-likeness (QED) is 0.560. The fourth-order valence-corrected chi connectivity index (χ4v) is 6.05. The van der Waals surface area contributed by atoms with Crippen molar-refractivity contribution in [2.45, 2.75) is 38.5 Å². The molecule has 5 rings (SSSR count). The van der Waals surface area contributed by atoms with Crippen LogP contribution in [0.3, 0.4) is 0 Å². The number of hydrogen-bond donors (Lipinski definition) is 2. The summed E-state index contributed by atoms with van der Waals surface area (Å²) >= 11 is 1.09. The molecule has 13 heteroatoms. The number of thiazole rings is 1. The summed E-state index contributed by atoms with van der Waals surface area (Å²) in [5, 5.41) is 8.57. The summed E-state index contributed by atoms with van der Waals surface area (Å²) < 4.78 is 47.4. The van der Waals surface area contributed by atoms with Crippen molar-refractivity contribution in [3.05, 3.63) is 57.0 Å². The third-order valence-corrected chi connectivity index (χ3v) is 8.29. The fraction of sp³-hybridized carbons (Fsp3) is 0.462. The minimum atomic E-state index is -4.95. The molecule has 1 aromatic heterocycles. The van der Waals surface area contributed by atoms with Crippen molar-refractivity contribution in [3.63, 3.8) is 0 Å². The second kappa shape index (κ2) is 11.1. The molecule has 0 saturated carbocycles. The van der Waals surface area contributed by atoms with Crippen LogP contribution < -0.4 is 10.6 Å². The van der Waals surface area contributed by atoms with Crippen LogP contribution in [-0.2, 0) is 20.9 Å². The molecule has 0 unspecified atom stereocenters. The van der Waals surface area contributed by atoms with E-state index in [0.717, 1.165) is 28.9 Å². The summed E-state index contributed by atoms with van der Waals surface area (Å²) in [7, 11) is 0. The minimum absolute atomic E-state index is 0.181. The standard InChI is InChI=1S/C26H28F3N5O4S/c1-15-21(39-24(31-15)16-7-11-38-12-8-16)23(36)30-13-19(26(27,28)29)22(35)32-20-18-6-3-2-5-17(18)14-33-9-4-10-34(33)25(20)37/h2-3,5-7,19-20H,4,8-14H2,1H3,(H,30,36)(H,32,35)/t19-,20+/m1/s1. The number of carbonyl (C=O) groups excluding carboxylic acids is 3. The number of alkyl halides is 3. The van der Waals surface area contributed by atoms with Gasteiger partial charge in [-0.25, -0.2) is 9.99 Å². The first-order valence-corrected chi connectivity index (χ1v) is 13.5. The molecule has 1 aromatic carbocycles. The summed E-state index contributed by atoms with van der Waals surface area (Å²) in [6.45, 7) is 3.09. The molecule has 2 N–H and O–H groups in total. The Hall–Kier alpha value is -3.29. The molecule has 3 amide bonds. The van der Waals surface area contributed by atoms with Crippen LogP contribution in [0, 0.1) is 12.8 Å². The Labute approximate surface area is 227 Å². The van der Waals surface area contributed by atoms with E-state index in [1.165, 1.54) is 5.01 Å². The number of carbonyl (C=O) groups is 3. The van der Waals surface area contributed by atoms with Gasteiger partial charge in [-0.3, -0.25) is 19.4 Å². The van der Waals surface area contributed by atoms with Crippen LogP contribution in [0.25, 0.3) is 5.57 Å².